The van der Waals surface area contributed by atoms with E-state index in [9.17, 15) is 14.7 Å². The van der Waals surface area contributed by atoms with E-state index >= 15 is 0 Å². The second-order valence-electron chi connectivity index (χ2n) is 11.3. The summed E-state index contributed by atoms with van der Waals surface area (Å²) in [5, 5.41) is 12.8. The lowest BCUT2D eigenvalue weighted by atomic mass is 9.82. The van der Waals surface area contributed by atoms with Gasteiger partial charge in [0.25, 0.3) is 0 Å². The van der Waals surface area contributed by atoms with Gasteiger partial charge in [-0.1, -0.05) is 58.0 Å². The van der Waals surface area contributed by atoms with Crippen LogP contribution in [-0.4, -0.2) is 59.1 Å². The van der Waals surface area contributed by atoms with Gasteiger partial charge in [-0.25, -0.2) is 4.79 Å². The van der Waals surface area contributed by atoms with E-state index in [-0.39, 0.29) is 23.3 Å². The van der Waals surface area contributed by atoms with Gasteiger partial charge in [0.2, 0.25) is 5.91 Å². The fourth-order valence-electron chi connectivity index (χ4n) is 5.87. The Morgan fingerprint density at radius 1 is 1.19 bits per heavy atom. The molecule has 2 aliphatic rings. The van der Waals surface area contributed by atoms with Crippen LogP contribution in [0.25, 0.3) is 0 Å². The molecule has 2 N–H and O–H groups in total. The zero-order valence-electron chi connectivity index (χ0n) is 20.4. The highest BCUT2D eigenvalue weighted by Crippen LogP contribution is 2.39. The minimum absolute atomic E-state index is 0.135. The first kappa shape index (κ1) is 24.6. The number of benzene rings is 1. The molecule has 1 saturated heterocycles. The molecule has 0 radical (unpaired) electrons. The van der Waals surface area contributed by atoms with Crippen LogP contribution in [0, 0.1) is 23.2 Å². The smallest absolute Gasteiger partial charge is 0.407 e. The van der Waals surface area contributed by atoms with Crippen molar-refractivity contribution < 1.29 is 14.7 Å². The summed E-state index contributed by atoms with van der Waals surface area (Å²) in [6.07, 6.45) is 2.56. The molecule has 1 aromatic rings. The lowest BCUT2D eigenvalue weighted by Gasteiger charge is -2.31. The number of nitrogens with one attached hydrogen (secondary N) is 1. The monoisotopic (exact) mass is 443 g/mol. The van der Waals surface area contributed by atoms with Crippen LogP contribution in [0.3, 0.4) is 0 Å². The molecule has 6 nitrogen and oxygen atoms in total. The molecule has 1 unspecified atom stereocenters. The van der Waals surface area contributed by atoms with Crippen LogP contribution in [0.2, 0.25) is 0 Å². The van der Waals surface area contributed by atoms with E-state index < -0.39 is 12.1 Å². The first-order valence-electron chi connectivity index (χ1n) is 12.1. The van der Waals surface area contributed by atoms with Gasteiger partial charge in [-0.05, 0) is 54.4 Å². The largest absolute Gasteiger partial charge is 0.465 e. The van der Waals surface area contributed by atoms with E-state index in [1.54, 1.807) is 0 Å². The van der Waals surface area contributed by atoms with Crippen LogP contribution in [0.15, 0.2) is 30.3 Å². The van der Waals surface area contributed by atoms with E-state index in [0.717, 1.165) is 38.9 Å². The maximum absolute atomic E-state index is 13.3. The van der Waals surface area contributed by atoms with Crippen molar-refractivity contribution in [2.45, 2.75) is 72.0 Å². The van der Waals surface area contributed by atoms with Gasteiger partial charge < -0.3 is 10.4 Å². The average Bonchev–Trinajstić information content (AvgIpc) is 3.26. The summed E-state index contributed by atoms with van der Waals surface area (Å²) in [5.74, 6) is 1.18. The van der Waals surface area contributed by atoms with Crippen molar-refractivity contribution >= 4 is 12.0 Å². The Bertz CT molecular complexity index is 776. The molecule has 1 heterocycles. The third kappa shape index (κ3) is 6.47. The van der Waals surface area contributed by atoms with E-state index in [0.29, 0.717) is 18.3 Å². The number of carbonyl (C=O) groups is 2. The summed E-state index contributed by atoms with van der Waals surface area (Å²) >= 11 is 0. The third-order valence-corrected chi connectivity index (χ3v) is 7.17. The molecule has 178 valence electrons. The van der Waals surface area contributed by atoms with Gasteiger partial charge in [0.1, 0.15) is 6.04 Å². The molecule has 2 amide bonds. The molecule has 32 heavy (non-hydrogen) atoms. The summed E-state index contributed by atoms with van der Waals surface area (Å²) in [7, 11) is 1.52. The van der Waals surface area contributed by atoms with Gasteiger partial charge in [-0.2, -0.15) is 0 Å². The number of hydrogen-bond acceptors (Lipinski definition) is 3. The van der Waals surface area contributed by atoms with Crippen molar-refractivity contribution in [3.05, 3.63) is 35.9 Å². The lowest BCUT2D eigenvalue weighted by Crippen LogP contribution is -2.52. The van der Waals surface area contributed by atoms with Crippen molar-refractivity contribution in [3.63, 3.8) is 0 Å². The molecule has 0 bridgehead atoms. The number of rotatable bonds is 8. The van der Waals surface area contributed by atoms with Crippen LogP contribution in [0.1, 0.15) is 58.9 Å². The Morgan fingerprint density at radius 2 is 1.88 bits per heavy atom. The highest BCUT2D eigenvalue weighted by Gasteiger charge is 2.44. The van der Waals surface area contributed by atoms with Gasteiger partial charge in [0, 0.05) is 32.7 Å². The predicted octanol–water partition coefficient (Wildman–Crippen LogP) is 4.45. The number of nitrogens with zero attached hydrogens (tertiary/aromatic N) is 2. The zero-order chi connectivity index (χ0) is 23.5. The van der Waals surface area contributed by atoms with Gasteiger partial charge in [0.05, 0.1) is 0 Å². The van der Waals surface area contributed by atoms with Crippen molar-refractivity contribution in [2.75, 3.05) is 20.1 Å². The van der Waals surface area contributed by atoms with Crippen molar-refractivity contribution in [2.24, 2.45) is 23.2 Å². The molecule has 1 saturated carbocycles. The topological polar surface area (TPSA) is 72.9 Å². The van der Waals surface area contributed by atoms with Crippen LogP contribution < -0.4 is 5.32 Å². The minimum atomic E-state index is -1.05. The number of likely N-dealkylation sites (tertiary alicyclic amines) is 1. The molecule has 1 aromatic carbocycles. The van der Waals surface area contributed by atoms with Crippen molar-refractivity contribution in [1.82, 2.24) is 15.1 Å². The molecular weight excluding hydrogens is 402 g/mol. The first-order valence-corrected chi connectivity index (χ1v) is 12.1. The van der Waals surface area contributed by atoms with E-state index in [2.05, 4.69) is 62.2 Å². The molecule has 2 fully saturated rings. The van der Waals surface area contributed by atoms with Crippen LogP contribution in [0.4, 0.5) is 4.79 Å². The summed E-state index contributed by atoms with van der Waals surface area (Å²) in [6.45, 7) is 11.7. The third-order valence-electron chi connectivity index (χ3n) is 7.17. The zero-order valence-corrected chi connectivity index (χ0v) is 20.4. The molecule has 1 aliphatic carbocycles. The summed E-state index contributed by atoms with van der Waals surface area (Å²) in [4.78, 5) is 28.7. The SMILES string of the molecule is CC(C[C@@H](C(=O)N[C@H]1CC[C@H]2CN(Cc3ccccc3)C[C@H]21)N(C)C(=O)O)CC(C)(C)C. The molecule has 0 aromatic heterocycles. The Hall–Kier alpha value is -2.08. The Kier molecular flexibility index (Phi) is 7.86. The quantitative estimate of drug-likeness (QED) is 0.622. The highest BCUT2D eigenvalue weighted by atomic mass is 16.4. The molecule has 1 aliphatic heterocycles. The molecule has 6 heteroatoms. The number of amides is 2. The number of carbonyl (C=O) groups excluding carboxylic acids is 1. The summed E-state index contributed by atoms with van der Waals surface area (Å²) in [6, 6.07) is 10.0. The summed E-state index contributed by atoms with van der Waals surface area (Å²) < 4.78 is 0. The molecule has 3 rings (SSSR count). The standard InChI is InChI=1S/C26H41N3O3/c1-18(14-26(2,3)4)13-23(28(5)25(31)32)24(30)27-22-12-11-20-16-29(17-21(20)22)15-19-9-7-6-8-10-19/h6-10,18,20-23H,11-17H2,1-5H3,(H,27,30)(H,31,32)/t18?,20-,21+,22-,23-/m0/s1. The molecule has 0 spiro atoms. The second kappa shape index (κ2) is 10.2. The fourth-order valence-corrected chi connectivity index (χ4v) is 5.87. The highest BCUT2D eigenvalue weighted by molar-refractivity contribution is 5.85. The number of likely N-dealkylation sites (N-methyl/N-ethyl adjacent to an activating group) is 1. The first-order chi connectivity index (χ1) is 15.0. The predicted molar refractivity (Wildman–Crippen MR) is 127 cm³/mol. The normalized spacial score (nSPS) is 25.2. The van der Waals surface area contributed by atoms with Crippen LogP contribution in [0.5, 0.6) is 0 Å². The van der Waals surface area contributed by atoms with Crippen LogP contribution >= 0.6 is 0 Å². The van der Waals surface area contributed by atoms with Crippen molar-refractivity contribution in [1.29, 1.82) is 0 Å². The van der Waals surface area contributed by atoms with Gasteiger partial charge in [-0.15, -0.1) is 0 Å². The van der Waals surface area contributed by atoms with Crippen LogP contribution in [-0.2, 0) is 11.3 Å². The van der Waals surface area contributed by atoms with E-state index in [1.165, 1.54) is 17.5 Å². The van der Waals surface area contributed by atoms with E-state index in [1.807, 2.05) is 6.07 Å². The maximum Gasteiger partial charge on any atom is 0.407 e. The maximum atomic E-state index is 13.3. The second-order valence-corrected chi connectivity index (χ2v) is 11.3. The molecular formula is C26H41N3O3. The number of fused-ring (bicyclic) bond motifs is 1. The molecule has 5 atom stereocenters. The number of hydrogen-bond donors (Lipinski definition) is 2. The van der Waals surface area contributed by atoms with E-state index in [4.69, 9.17) is 0 Å². The van der Waals surface area contributed by atoms with Gasteiger partial charge in [-0.3, -0.25) is 14.6 Å². The fraction of sp³-hybridized carbons (Fsp3) is 0.692. The summed E-state index contributed by atoms with van der Waals surface area (Å²) in [5.41, 5.74) is 1.47. The Morgan fingerprint density at radius 3 is 2.50 bits per heavy atom. The average molecular weight is 444 g/mol. The Balaban J connectivity index is 1.61. The van der Waals surface area contributed by atoms with Gasteiger partial charge in [0.15, 0.2) is 0 Å². The minimum Gasteiger partial charge on any atom is -0.465 e. The Labute approximate surface area is 193 Å². The number of carboxylic acid groups (broad SMARTS) is 1. The lowest BCUT2D eigenvalue weighted by molar-refractivity contribution is -0.127. The van der Waals surface area contributed by atoms with Gasteiger partial charge >= 0.3 is 6.09 Å². The van der Waals surface area contributed by atoms with Crippen molar-refractivity contribution in [3.8, 4) is 0 Å².